The maximum atomic E-state index is 13.2. The van der Waals surface area contributed by atoms with E-state index in [1.165, 1.54) is 31.4 Å². The second-order valence-electron chi connectivity index (χ2n) is 6.58. The van der Waals surface area contributed by atoms with Crippen molar-refractivity contribution in [3.8, 4) is 17.3 Å². The summed E-state index contributed by atoms with van der Waals surface area (Å²) in [6.45, 7) is 2.34. The first-order valence-corrected chi connectivity index (χ1v) is 9.30. The van der Waals surface area contributed by atoms with E-state index < -0.39 is 0 Å². The SMILES string of the molecule is CCOc1nc(NC2CCCCC2)nc2nnc(-c3ccc(F)cc3)nc12. The van der Waals surface area contributed by atoms with E-state index in [0.29, 0.717) is 47.0 Å². The van der Waals surface area contributed by atoms with Gasteiger partial charge in [-0.25, -0.2) is 9.37 Å². The summed E-state index contributed by atoms with van der Waals surface area (Å²) in [5.74, 6) is 0.923. The molecule has 0 spiro atoms. The molecule has 1 aromatic carbocycles. The Bertz CT molecular complexity index is 927. The summed E-state index contributed by atoms with van der Waals surface area (Å²) in [7, 11) is 0. The minimum absolute atomic E-state index is 0.315. The number of anilines is 1. The van der Waals surface area contributed by atoms with E-state index in [2.05, 4.69) is 30.5 Å². The molecule has 4 rings (SSSR count). The van der Waals surface area contributed by atoms with E-state index in [4.69, 9.17) is 4.74 Å². The van der Waals surface area contributed by atoms with Crippen LogP contribution in [0.3, 0.4) is 0 Å². The van der Waals surface area contributed by atoms with Gasteiger partial charge in [-0.3, -0.25) is 0 Å². The normalized spacial score (nSPS) is 15.0. The molecule has 140 valence electrons. The Labute approximate surface area is 156 Å². The maximum absolute atomic E-state index is 13.2. The number of ether oxygens (including phenoxy) is 1. The van der Waals surface area contributed by atoms with Crippen molar-refractivity contribution in [2.24, 2.45) is 0 Å². The van der Waals surface area contributed by atoms with Gasteiger partial charge >= 0.3 is 0 Å². The largest absolute Gasteiger partial charge is 0.476 e. The van der Waals surface area contributed by atoms with E-state index in [9.17, 15) is 4.39 Å². The van der Waals surface area contributed by atoms with Crippen LogP contribution in [0.4, 0.5) is 10.3 Å². The predicted octanol–water partition coefficient (Wildman–Crippen LogP) is 3.76. The Morgan fingerprint density at radius 3 is 2.56 bits per heavy atom. The molecule has 1 aliphatic carbocycles. The lowest BCUT2D eigenvalue weighted by Gasteiger charge is -2.22. The first kappa shape index (κ1) is 17.5. The summed E-state index contributed by atoms with van der Waals surface area (Å²) in [6, 6.07) is 6.31. The third-order valence-corrected chi connectivity index (χ3v) is 4.61. The van der Waals surface area contributed by atoms with Crippen LogP contribution in [0.5, 0.6) is 5.88 Å². The van der Waals surface area contributed by atoms with Crippen molar-refractivity contribution in [1.82, 2.24) is 25.1 Å². The number of fused-ring (bicyclic) bond motifs is 1. The second-order valence-corrected chi connectivity index (χ2v) is 6.58. The highest BCUT2D eigenvalue weighted by atomic mass is 19.1. The fourth-order valence-electron chi connectivity index (χ4n) is 3.27. The zero-order chi connectivity index (χ0) is 18.6. The van der Waals surface area contributed by atoms with Crippen LogP contribution in [-0.2, 0) is 0 Å². The van der Waals surface area contributed by atoms with Crippen LogP contribution in [0.1, 0.15) is 39.0 Å². The molecule has 1 N–H and O–H groups in total. The molecule has 1 saturated carbocycles. The first-order chi connectivity index (χ1) is 13.2. The molecular weight excluding hydrogens is 347 g/mol. The average Bonchev–Trinajstić information content (AvgIpc) is 2.69. The van der Waals surface area contributed by atoms with Crippen molar-refractivity contribution >= 4 is 17.1 Å². The number of nitrogens with one attached hydrogen (secondary N) is 1. The molecule has 7 nitrogen and oxygen atoms in total. The Balaban J connectivity index is 1.70. The van der Waals surface area contributed by atoms with Gasteiger partial charge < -0.3 is 10.1 Å². The van der Waals surface area contributed by atoms with E-state index in [1.807, 2.05) is 6.92 Å². The standard InChI is InChI=1S/C19H21FN6O/c1-2-27-18-15-17(23-19(24-18)21-14-6-4-3-5-7-14)26-25-16(22-15)12-8-10-13(20)11-9-12/h8-11,14H,2-7H2,1H3,(H,21,23,24,26). The van der Waals surface area contributed by atoms with Gasteiger partial charge in [-0.15, -0.1) is 10.2 Å². The molecule has 0 bridgehead atoms. The molecule has 0 atom stereocenters. The van der Waals surface area contributed by atoms with Gasteiger partial charge in [-0.1, -0.05) is 19.3 Å². The van der Waals surface area contributed by atoms with Crippen LogP contribution >= 0.6 is 0 Å². The molecule has 2 aromatic heterocycles. The fraction of sp³-hybridized carbons (Fsp3) is 0.421. The lowest BCUT2D eigenvalue weighted by Crippen LogP contribution is -2.23. The molecule has 0 aliphatic heterocycles. The van der Waals surface area contributed by atoms with Crippen molar-refractivity contribution in [1.29, 1.82) is 0 Å². The highest BCUT2D eigenvalue weighted by molar-refractivity contribution is 5.78. The van der Waals surface area contributed by atoms with Gasteiger partial charge in [0.2, 0.25) is 17.5 Å². The van der Waals surface area contributed by atoms with Crippen LogP contribution in [-0.4, -0.2) is 37.8 Å². The number of aromatic nitrogens is 5. The summed E-state index contributed by atoms with van der Waals surface area (Å²) in [5, 5.41) is 11.7. The van der Waals surface area contributed by atoms with Crippen molar-refractivity contribution in [3.05, 3.63) is 30.1 Å². The number of halogens is 1. The van der Waals surface area contributed by atoms with Crippen molar-refractivity contribution < 1.29 is 9.13 Å². The third kappa shape index (κ3) is 3.94. The van der Waals surface area contributed by atoms with Crippen molar-refractivity contribution in [2.75, 3.05) is 11.9 Å². The lowest BCUT2D eigenvalue weighted by atomic mass is 9.96. The van der Waals surface area contributed by atoms with E-state index >= 15 is 0 Å². The van der Waals surface area contributed by atoms with Gasteiger partial charge in [-0.05, 0) is 44.0 Å². The maximum Gasteiger partial charge on any atom is 0.247 e. The van der Waals surface area contributed by atoms with Crippen LogP contribution in [0.15, 0.2) is 24.3 Å². The number of benzene rings is 1. The molecule has 27 heavy (non-hydrogen) atoms. The fourth-order valence-corrected chi connectivity index (χ4v) is 3.27. The summed E-state index contributed by atoms with van der Waals surface area (Å²) in [6.07, 6.45) is 5.93. The Kier molecular flexibility index (Phi) is 5.04. The molecule has 3 aromatic rings. The minimum atomic E-state index is -0.315. The van der Waals surface area contributed by atoms with Crippen LogP contribution in [0, 0.1) is 5.82 Å². The highest BCUT2D eigenvalue weighted by Crippen LogP contribution is 2.25. The van der Waals surface area contributed by atoms with Gasteiger partial charge in [0.25, 0.3) is 0 Å². The summed E-state index contributed by atoms with van der Waals surface area (Å²) in [5.41, 5.74) is 1.48. The Morgan fingerprint density at radius 1 is 1.04 bits per heavy atom. The second kappa shape index (κ2) is 7.77. The third-order valence-electron chi connectivity index (χ3n) is 4.61. The number of nitrogens with zero attached hydrogens (tertiary/aromatic N) is 5. The Morgan fingerprint density at radius 2 is 1.81 bits per heavy atom. The summed E-state index contributed by atoms with van der Waals surface area (Å²) in [4.78, 5) is 13.5. The van der Waals surface area contributed by atoms with Gasteiger partial charge in [-0.2, -0.15) is 9.97 Å². The van der Waals surface area contributed by atoms with E-state index in [1.54, 1.807) is 12.1 Å². The zero-order valence-corrected chi connectivity index (χ0v) is 15.2. The molecule has 2 heterocycles. The van der Waals surface area contributed by atoms with Crippen molar-refractivity contribution in [2.45, 2.75) is 45.1 Å². The van der Waals surface area contributed by atoms with Crippen molar-refractivity contribution in [3.63, 3.8) is 0 Å². The lowest BCUT2D eigenvalue weighted by molar-refractivity contribution is 0.330. The monoisotopic (exact) mass is 368 g/mol. The molecule has 0 unspecified atom stereocenters. The molecule has 0 saturated heterocycles. The first-order valence-electron chi connectivity index (χ1n) is 9.30. The molecule has 1 fully saturated rings. The minimum Gasteiger partial charge on any atom is -0.476 e. The highest BCUT2D eigenvalue weighted by Gasteiger charge is 2.18. The van der Waals surface area contributed by atoms with E-state index in [-0.39, 0.29) is 5.82 Å². The van der Waals surface area contributed by atoms with Gasteiger partial charge in [0, 0.05) is 11.6 Å². The number of hydrogen-bond acceptors (Lipinski definition) is 7. The van der Waals surface area contributed by atoms with Crippen LogP contribution in [0.25, 0.3) is 22.6 Å². The molecular formula is C19H21FN6O. The summed E-state index contributed by atoms with van der Waals surface area (Å²) >= 11 is 0. The van der Waals surface area contributed by atoms with Gasteiger partial charge in [0.05, 0.1) is 6.61 Å². The number of rotatable bonds is 5. The molecule has 0 radical (unpaired) electrons. The molecule has 1 aliphatic rings. The van der Waals surface area contributed by atoms with Crippen LogP contribution < -0.4 is 10.1 Å². The molecule has 8 heteroatoms. The van der Waals surface area contributed by atoms with Crippen LogP contribution in [0.2, 0.25) is 0 Å². The quantitative estimate of drug-likeness (QED) is 0.734. The van der Waals surface area contributed by atoms with Gasteiger partial charge in [0.15, 0.2) is 11.3 Å². The smallest absolute Gasteiger partial charge is 0.247 e. The predicted molar refractivity (Wildman–Crippen MR) is 100.0 cm³/mol. The zero-order valence-electron chi connectivity index (χ0n) is 15.2. The number of hydrogen-bond donors (Lipinski definition) is 1. The summed E-state index contributed by atoms with van der Waals surface area (Å²) < 4.78 is 18.8. The molecule has 0 amide bonds. The topological polar surface area (TPSA) is 85.7 Å². The van der Waals surface area contributed by atoms with E-state index in [0.717, 1.165) is 12.8 Å². The Hall–Kier alpha value is -2.90. The average molecular weight is 368 g/mol. The van der Waals surface area contributed by atoms with Gasteiger partial charge in [0.1, 0.15) is 5.82 Å².